The van der Waals surface area contributed by atoms with Gasteiger partial charge in [-0.05, 0) is 37.1 Å². The summed E-state index contributed by atoms with van der Waals surface area (Å²) < 4.78 is 7.33. The number of hydrogen-bond acceptors (Lipinski definition) is 6. The minimum Gasteiger partial charge on any atom is -0.405 e. The molecule has 1 aliphatic heterocycles. The summed E-state index contributed by atoms with van der Waals surface area (Å²) in [5.41, 5.74) is 1.94. The predicted octanol–water partition coefficient (Wildman–Crippen LogP) is 3.36. The fourth-order valence-corrected chi connectivity index (χ4v) is 3.58. The molecule has 2 aliphatic rings. The Kier molecular flexibility index (Phi) is 4.81. The van der Waals surface area contributed by atoms with Gasteiger partial charge in [-0.15, -0.1) is 0 Å². The fourth-order valence-electron chi connectivity index (χ4n) is 3.58. The Morgan fingerprint density at radius 3 is 2.88 bits per heavy atom. The number of rotatable bonds is 6. The van der Waals surface area contributed by atoms with Gasteiger partial charge >= 0.3 is 12.0 Å². The van der Waals surface area contributed by atoms with E-state index in [0.29, 0.717) is 29.6 Å². The predicted molar refractivity (Wildman–Crippen MR) is 117 cm³/mol. The molecule has 3 heterocycles. The number of nitrogens with one attached hydrogen (secondary N) is 1. The molecular weight excluding hydrogens is 410 g/mol. The minimum absolute atomic E-state index is 0.112. The minimum atomic E-state index is -0.332. The quantitative estimate of drug-likeness (QED) is 0.600. The summed E-state index contributed by atoms with van der Waals surface area (Å²) in [4.78, 5) is 37.5. The van der Waals surface area contributed by atoms with Crippen molar-refractivity contribution in [3.05, 3.63) is 60.9 Å². The van der Waals surface area contributed by atoms with E-state index in [1.54, 1.807) is 59.4 Å². The number of amides is 3. The number of benzene rings is 1. The van der Waals surface area contributed by atoms with Crippen LogP contribution in [-0.4, -0.2) is 42.6 Å². The third kappa shape index (κ3) is 3.66. The molecule has 1 saturated carbocycles. The number of nitrogens with zero attached hydrogens (tertiary/aromatic N) is 6. The van der Waals surface area contributed by atoms with Crippen LogP contribution in [0.3, 0.4) is 0 Å². The van der Waals surface area contributed by atoms with Crippen LogP contribution in [0.2, 0.25) is 0 Å². The number of fused-ring (bicyclic) bond motifs is 1. The molecule has 3 amide bonds. The average molecular weight is 431 g/mol. The van der Waals surface area contributed by atoms with Crippen LogP contribution in [0.1, 0.15) is 18.4 Å². The SMILES string of the molecule is C=CC(=O)Nc1cccc(N2C(=O)N(C3CC3)Cc3cnc(Oc4ccnn4C)nc32)c1. The third-order valence-electron chi connectivity index (χ3n) is 5.33. The molecule has 0 unspecified atom stereocenters. The summed E-state index contributed by atoms with van der Waals surface area (Å²) in [6.45, 7) is 3.91. The van der Waals surface area contributed by atoms with Gasteiger partial charge in [-0.2, -0.15) is 10.1 Å². The van der Waals surface area contributed by atoms with Crippen LogP contribution in [0.15, 0.2) is 55.4 Å². The van der Waals surface area contributed by atoms with E-state index < -0.39 is 0 Å². The first-order valence-corrected chi connectivity index (χ1v) is 10.2. The Hall–Kier alpha value is -4.21. The number of aromatic nitrogens is 4. The summed E-state index contributed by atoms with van der Waals surface area (Å²) in [5.74, 6) is 0.597. The first kappa shape index (κ1) is 19.7. The van der Waals surface area contributed by atoms with E-state index in [1.165, 1.54) is 6.08 Å². The van der Waals surface area contributed by atoms with Crippen molar-refractivity contribution in [1.29, 1.82) is 0 Å². The largest absolute Gasteiger partial charge is 0.405 e. The van der Waals surface area contributed by atoms with Crippen molar-refractivity contribution in [2.45, 2.75) is 25.4 Å². The van der Waals surface area contributed by atoms with E-state index in [9.17, 15) is 9.59 Å². The van der Waals surface area contributed by atoms with Gasteiger partial charge in [0.15, 0.2) is 5.82 Å². The highest BCUT2D eigenvalue weighted by molar-refractivity contribution is 6.03. The van der Waals surface area contributed by atoms with Crippen LogP contribution in [-0.2, 0) is 18.4 Å². The highest BCUT2D eigenvalue weighted by Gasteiger charge is 2.41. The lowest BCUT2D eigenvalue weighted by Crippen LogP contribution is -2.46. The first-order chi connectivity index (χ1) is 15.5. The molecule has 1 aromatic carbocycles. The van der Waals surface area contributed by atoms with Crippen LogP contribution in [0, 0.1) is 0 Å². The second kappa shape index (κ2) is 7.80. The molecule has 1 fully saturated rings. The maximum absolute atomic E-state index is 13.5. The van der Waals surface area contributed by atoms with Crippen molar-refractivity contribution >= 4 is 29.1 Å². The number of carbonyl (C=O) groups excluding carboxylic acids is 2. The molecular formula is C22H21N7O3. The van der Waals surface area contributed by atoms with Gasteiger partial charge in [0.05, 0.1) is 18.4 Å². The number of hydrogen-bond donors (Lipinski definition) is 1. The summed E-state index contributed by atoms with van der Waals surface area (Å²) in [6.07, 6.45) is 6.45. The Labute approximate surface area is 184 Å². The number of aryl methyl sites for hydroxylation is 1. The summed E-state index contributed by atoms with van der Waals surface area (Å²) in [6, 6.07) is 8.90. The van der Waals surface area contributed by atoms with Crippen molar-refractivity contribution < 1.29 is 14.3 Å². The summed E-state index contributed by atoms with van der Waals surface area (Å²) >= 11 is 0. The van der Waals surface area contributed by atoms with Gasteiger partial charge in [0.1, 0.15) is 0 Å². The monoisotopic (exact) mass is 431 g/mol. The molecule has 2 aromatic heterocycles. The van der Waals surface area contributed by atoms with E-state index >= 15 is 0 Å². The van der Waals surface area contributed by atoms with Crippen LogP contribution in [0.25, 0.3) is 0 Å². The second-order valence-electron chi connectivity index (χ2n) is 7.62. The zero-order valence-corrected chi connectivity index (χ0v) is 17.4. The van der Waals surface area contributed by atoms with Crippen molar-refractivity contribution in [1.82, 2.24) is 24.6 Å². The fraction of sp³-hybridized carbons (Fsp3) is 0.227. The number of carbonyl (C=O) groups is 2. The lowest BCUT2D eigenvalue weighted by atomic mass is 10.1. The van der Waals surface area contributed by atoms with E-state index in [0.717, 1.165) is 18.4 Å². The van der Waals surface area contributed by atoms with Crippen molar-refractivity contribution in [3.8, 4) is 11.9 Å². The maximum Gasteiger partial charge on any atom is 0.330 e. The smallest absolute Gasteiger partial charge is 0.330 e. The Balaban J connectivity index is 1.55. The Morgan fingerprint density at radius 2 is 2.16 bits per heavy atom. The number of anilines is 3. The molecule has 32 heavy (non-hydrogen) atoms. The Morgan fingerprint density at radius 1 is 1.31 bits per heavy atom. The molecule has 1 N–H and O–H groups in total. The van der Waals surface area contributed by atoms with Gasteiger partial charge in [-0.25, -0.2) is 19.4 Å². The van der Waals surface area contributed by atoms with E-state index in [4.69, 9.17) is 4.74 Å². The number of ether oxygens (including phenoxy) is 1. The molecule has 5 rings (SSSR count). The van der Waals surface area contributed by atoms with Gasteiger partial charge < -0.3 is 15.0 Å². The molecule has 0 atom stereocenters. The standard InChI is InChI=1S/C22H21N7O3/c1-3-18(30)25-15-5-4-6-17(11-15)29-20-14(13-28(22(29)31)16-7-8-16)12-23-21(26-20)32-19-9-10-24-27(19)2/h3-6,9-12,16H,1,7-8,13H2,2H3,(H,25,30). The van der Waals surface area contributed by atoms with Crippen molar-refractivity contribution in [2.24, 2.45) is 7.05 Å². The zero-order valence-electron chi connectivity index (χ0n) is 17.4. The van der Waals surface area contributed by atoms with E-state index in [1.807, 2.05) is 4.90 Å². The molecule has 0 saturated heterocycles. The molecule has 10 heteroatoms. The average Bonchev–Trinajstić information content (AvgIpc) is 3.56. The van der Waals surface area contributed by atoms with Crippen LogP contribution >= 0.6 is 0 Å². The van der Waals surface area contributed by atoms with Gasteiger partial charge in [-0.1, -0.05) is 12.6 Å². The highest BCUT2D eigenvalue weighted by atomic mass is 16.5. The van der Waals surface area contributed by atoms with Crippen molar-refractivity contribution in [3.63, 3.8) is 0 Å². The molecule has 0 radical (unpaired) electrons. The van der Waals surface area contributed by atoms with Crippen LogP contribution < -0.4 is 15.0 Å². The highest BCUT2D eigenvalue weighted by Crippen LogP contribution is 2.39. The van der Waals surface area contributed by atoms with Gasteiger partial charge in [0, 0.05) is 36.6 Å². The lowest BCUT2D eigenvalue weighted by molar-refractivity contribution is -0.111. The molecule has 0 spiro atoms. The topological polar surface area (TPSA) is 105 Å². The van der Waals surface area contributed by atoms with E-state index in [2.05, 4.69) is 27.0 Å². The second-order valence-corrected chi connectivity index (χ2v) is 7.62. The molecule has 0 bridgehead atoms. The normalized spacial score (nSPS) is 15.3. The maximum atomic E-state index is 13.5. The molecule has 1 aliphatic carbocycles. The Bertz CT molecular complexity index is 1220. The molecule has 10 nitrogen and oxygen atoms in total. The van der Waals surface area contributed by atoms with Crippen molar-refractivity contribution in [2.75, 3.05) is 10.2 Å². The van der Waals surface area contributed by atoms with Crippen LogP contribution in [0.4, 0.5) is 22.0 Å². The number of urea groups is 1. The third-order valence-corrected chi connectivity index (χ3v) is 5.33. The summed E-state index contributed by atoms with van der Waals surface area (Å²) in [5, 5.41) is 6.80. The zero-order chi connectivity index (χ0) is 22.2. The van der Waals surface area contributed by atoms with E-state index in [-0.39, 0.29) is 24.0 Å². The van der Waals surface area contributed by atoms with Gasteiger partial charge in [-0.3, -0.25) is 4.79 Å². The summed E-state index contributed by atoms with van der Waals surface area (Å²) in [7, 11) is 1.75. The molecule has 162 valence electrons. The molecule has 3 aromatic rings. The van der Waals surface area contributed by atoms with Gasteiger partial charge in [0.25, 0.3) is 0 Å². The lowest BCUT2D eigenvalue weighted by Gasteiger charge is -2.36. The first-order valence-electron chi connectivity index (χ1n) is 10.2. The van der Waals surface area contributed by atoms with Crippen LogP contribution in [0.5, 0.6) is 11.9 Å². The van der Waals surface area contributed by atoms with Gasteiger partial charge in [0.2, 0.25) is 11.8 Å².